The van der Waals surface area contributed by atoms with E-state index in [2.05, 4.69) is 17.7 Å². The molecular weight excluding hydrogens is 368 g/mol. The van der Waals surface area contributed by atoms with E-state index in [9.17, 15) is 15.0 Å². The van der Waals surface area contributed by atoms with Crippen LogP contribution in [0.1, 0.15) is 84.5 Å². The summed E-state index contributed by atoms with van der Waals surface area (Å²) in [5.41, 5.74) is -0.793. The minimum absolute atomic E-state index is 0.144. The largest absolute Gasteiger partial charge is 0.469 e. The zero-order valence-electron chi connectivity index (χ0n) is 19.1. The molecule has 0 aromatic carbocycles. The summed E-state index contributed by atoms with van der Waals surface area (Å²) < 4.78 is 10.1. The SMILES string of the molecule is CCCCCC(C)(O)C=C[C@H]1[C@H](COC)C[C@@H](O)[C@@H]1CCCCCCC(=O)OC. The van der Waals surface area contributed by atoms with Crippen LogP contribution in [0.5, 0.6) is 0 Å². The summed E-state index contributed by atoms with van der Waals surface area (Å²) >= 11 is 0. The fourth-order valence-corrected chi connectivity index (χ4v) is 4.57. The number of hydrogen-bond acceptors (Lipinski definition) is 5. The first-order valence-electron chi connectivity index (χ1n) is 11.5. The molecule has 1 unspecified atom stereocenters. The normalized spacial score (nSPS) is 26.7. The van der Waals surface area contributed by atoms with Crippen molar-refractivity contribution in [3.8, 4) is 0 Å². The Labute approximate surface area is 177 Å². The highest BCUT2D eigenvalue weighted by Gasteiger charge is 2.40. The van der Waals surface area contributed by atoms with Crippen molar-refractivity contribution in [1.82, 2.24) is 0 Å². The van der Waals surface area contributed by atoms with Crippen LogP contribution in [0.25, 0.3) is 0 Å². The van der Waals surface area contributed by atoms with E-state index in [1.54, 1.807) is 7.11 Å². The molecule has 0 saturated heterocycles. The van der Waals surface area contributed by atoms with Gasteiger partial charge in [0, 0.05) is 20.1 Å². The third-order valence-corrected chi connectivity index (χ3v) is 6.32. The third-order valence-electron chi connectivity index (χ3n) is 6.32. The van der Waals surface area contributed by atoms with E-state index in [4.69, 9.17) is 4.74 Å². The van der Waals surface area contributed by atoms with Crippen molar-refractivity contribution in [2.24, 2.45) is 17.8 Å². The highest BCUT2D eigenvalue weighted by atomic mass is 16.5. The minimum atomic E-state index is -0.793. The average Bonchev–Trinajstić information content (AvgIpc) is 2.97. The van der Waals surface area contributed by atoms with Gasteiger partial charge in [-0.05, 0) is 50.4 Å². The summed E-state index contributed by atoms with van der Waals surface area (Å²) in [5, 5.41) is 21.3. The molecule has 0 radical (unpaired) electrons. The molecule has 0 aromatic rings. The van der Waals surface area contributed by atoms with Crippen molar-refractivity contribution in [3.05, 3.63) is 12.2 Å². The molecule has 2 N–H and O–H groups in total. The van der Waals surface area contributed by atoms with Crippen molar-refractivity contribution < 1.29 is 24.5 Å². The van der Waals surface area contributed by atoms with Crippen molar-refractivity contribution in [2.45, 2.75) is 96.2 Å². The van der Waals surface area contributed by atoms with E-state index in [1.165, 1.54) is 7.11 Å². The van der Waals surface area contributed by atoms with E-state index in [0.717, 1.165) is 64.2 Å². The molecule has 170 valence electrons. The van der Waals surface area contributed by atoms with Crippen molar-refractivity contribution >= 4 is 5.97 Å². The number of aliphatic hydroxyl groups is 2. The molecule has 1 aliphatic carbocycles. The Hall–Kier alpha value is -0.910. The number of carbonyl (C=O) groups excluding carboxylic acids is 1. The van der Waals surface area contributed by atoms with E-state index < -0.39 is 5.60 Å². The second-order valence-electron chi connectivity index (χ2n) is 8.96. The lowest BCUT2D eigenvalue weighted by atomic mass is 9.84. The summed E-state index contributed by atoms with van der Waals surface area (Å²) in [6.45, 7) is 4.69. The smallest absolute Gasteiger partial charge is 0.305 e. The Morgan fingerprint density at radius 1 is 1.14 bits per heavy atom. The van der Waals surface area contributed by atoms with Gasteiger partial charge in [-0.3, -0.25) is 4.79 Å². The van der Waals surface area contributed by atoms with Gasteiger partial charge in [0.1, 0.15) is 0 Å². The first-order chi connectivity index (χ1) is 13.8. The fourth-order valence-electron chi connectivity index (χ4n) is 4.57. The second-order valence-corrected chi connectivity index (χ2v) is 8.96. The Bertz CT molecular complexity index is 474. The maximum atomic E-state index is 11.2. The molecule has 1 aliphatic rings. The molecule has 5 nitrogen and oxygen atoms in total. The van der Waals surface area contributed by atoms with Crippen molar-refractivity contribution in [3.63, 3.8) is 0 Å². The molecular formula is C24H44O5. The van der Waals surface area contributed by atoms with Gasteiger partial charge in [0.05, 0.1) is 18.8 Å². The number of hydrogen-bond donors (Lipinski definition) is 2. The summed E-state index contributed by atoms with van der Waals surface area (Å²) in [6, 6.07) is 0. The topological polar surface area (TPSA) is 76.0 Å². The Kier molecular flexibility index (Phi) is 12.8. The predicted octanol–water partition coefficient (Wildman–Crippen LogP) is 4.65. The number of allylic oxidation sites excluding steroid dienone is 1. The minimum Gasteiger partial charge on any atom is -0.469 e. The first kappa shape index (κ1) is 26.1. The number of rotatable bonds is 15. The summed E-state index contributed by atoms with van der Waals surface area (Å²) in [7, 11) is 3.14. The van der Waals surface area contributed by atoms with E-state index in [0.29, 0.717) is 18.9 Å². The Morgan fingerprint density at radius 2 is 1.86 bits per heavy atom. The number of methoxy groups -OCH3 is 2. The van der Waals surface area contributed by atoms with Crippen LogP contribution in [0.15, 0.2) is 12.2 Å². The number of carbonyl (C=O) groups is 1. The highest BCUT2D eigenvalue weighted by Crippen LogP contribution is 2.42. The molecule has 1 rings (SSSR count). The van der Waals surface area contributed by atoms with Gasteiger partial charge in [0.25, 0.3) is 0 Å². The maximum Gasteiger partial charge on any atom is 0.305 e. The lowest BCUT2D eigenvalue weighted by molar-refractivity contribution is -0.140. The monoisotopic (exact) mass is 412 g/mol. The second kappa shape index (κ2) is 14.2. The van der Waals surface area contributed by atoms with Crippen LogP contribution in [0.4, 0.5) is 0 Å². The third kappa shape index (κ3) is 10.1. The molecule has 5 atom stereocenters. The molecule has 0 aromatic heterocycles. The number of esters is 1. The standard InChI is InChI=1S/C24H44O5/c1-5-6-11-15-24(2,27)16-14-20-19(18-28-3)17-22(25)21(20)12-9-7-8-10-13-23(26)29-4/h14,16,19-22,25,27H,5-13,15,17-18H2,1-4H3/t19-,20-,21+,22+,24?/m0/s1. The maximum absolute atomic E-state index is 11.2. The van der Waals surface area contributed by atoms with Crippen LogP contribution in [0.3, 0.4) is 0 Å². The van der Waals surface area contributed by atoms with Gasteiger partial charge in [-0.2, -0.15) is 0 Å². The molecule has 5 heteroatoms. The van der Waals surface area contributed by atoms with Gasteiger partial charge in [0.15, 0.2) is 0 Å². The van der Waals surface area contributed by atoms with Gasteiger partial charge in [-0.15, -0.1) is 0 Å². The van der Waals surface area contributed by atoms with Gasteiger partial charge in [-0.1, -0.05) is 57.6 Å². The zero-order chi connectivity index (χ0) is 21.7. The Morgan fingerprint density at radius 3 is 2.52 bits per heavy atom. The molecule has 0 spiro atoms. The molecule has 0 amide bonds. The molecule has 1 fully saturated rings. The van der Waals surface area contributed by atoms with E-state index in [1.807, 2.05) is 13.0 Å². The van der Waals surface area contributed by atoms with Crippen LogP contribution in [-0.2, 0) is 14.3 Å². The molecule has 0 bridgehead atoms. The van der Waals surface area contributed by atoms with E-state index >= 15 is 0 Å². The van der Waals surface area contributed by atoms with Crippen LogP contribution in [0, 0.1) is 17.8 Å². The quantitative estimate of drug-likeness (QED) is 0.233. The van der Waals surface area contributed by atoms with Crippen LogP contribution < -0.4 is 0 Å². The molecule has 0 heterocycles. The van der Waals surface area contributed by atoms with Crippen molar-refractivity contribution in [2.75, 3.05) is 20.8 Å². The van der Waals surface area contributed by atoms with Crippen LogP contribution in [-0.4, -0.2) is 48.7 Å². The highest BCUT2D eigenvalue weighted by molar-refractivity contribution is 5.68. The van der Waals surface area contributed by atoms with Gasteiger partial charge < -0.3 is 19.7 Å². The van der Waals surface area contributed by atoms with Gasteiger partial charge in [-0.25, -0.2) is 0 Å². The van der Waals surface area contributed by atoms with Crippen LogP contribution >= 0.6 is 0 Å². The summed E-state index contributed by atoms with van der Waals surface area (Å²) in [6.07, 6.45) is 14.0. The first-order valence-corrected chi connectivity index (χ1v) is 11.5. The lowest BCUT2D eigenvalue weighted by Gasteiger charge is -2.25. The van der Waals surface area contributed by atoms with Crippen LogP contribution in [0.2, 0.25) is 0 Å². The number of aliphatic hydroxyl groups excluding tert-OH is 1. The van der Waals surface area contributed by atoms with E-state index in [-0.39, 0.29) is 23.9 Å². The number of ether oxygens (including phenoxy) is 2. The van der Waals surface area contributed by atoms with Gasteiger partial charge in [0.2, 0.25) is 0 Å². The fraction of sp³-hybridized carbons (Fsp3) is 0.875. The molecule has 0 aliphatic heterocycles. The predicted molar refractivity (Wildman–Crippen MR) is 117 cm³/mol. The zero-order valence-corrected chi connectivity index (χ0v) is 19.1. The summed E-state index contributed by atoms with van der Waals surface area (Å²) in [5.74, 6) is 0.591. The Balaban J connectivity index is 2.58. The average molecular weight is 413 g/mol. The van der Waals surface area contributed by atoms with Crippen molar-refractivity contribution in [1.29, 1.82) is 0 Å². The lowest BCUT2D eigenvalue weighted by Crippen LogP contribution is -2.24. The van der Waals surface area contributed by atoms with Gasteiger partial charge >= 0.3 is 5.97 Å². The molecule has 29 heavy (non-hydrogen) atoms. The summed E-state index contributed by atoms with van der Waals surface area (Å²) in [4.78, 5) is 11.2. The number of unbranched alkanes of at least 4 members (excludes halogenated alkanes) is 5. The molecule has 1 saturated carbocycles.